The van der Waals surface area contributed by atoms with Gasteiger partial charge >= 0.3 is 0 Å². The summed E-state index contributed by atoms with van der Waals surface area (Å²) in [6.45, 7) is 0.174. The summed E-state index contributed by atoms with van der Waals surface area (Å²) in [6.07, 6.45) is 3.17. The van der Waals surface area contributed by atoms with E-state index in [2.05, 4.69) is 30.5 Å². The fourth-order valence-corrected chi connectivity index (χ4v) is 2.69. The van der Waals surface area contributed by atoms with E-state index in [0.717, 1.165) is 0 Å². The molecular formula is C19H15FN6O. The summed E-state index contributed by atoms with van der Waals surface area (Å²) >= 11 is 0. The molecule has 4 rings (SSSR count). The van der Waals surface area contributed by atoms with Gasteiger partial charge in [0.1, 0.15) is 17.3 Å². The van der Waals surface area contributed by atoms with E-state index >= 15 is 0 Å². The number of amides is 1. The van der Waals surface area contributed by atoms with Gasteiger partial charge in [-0.25, -0.2) is 9.37 Å². The second-order valence-electron chi connectivity index (χ2n) is 5.79. The number of halogens is 1. The van der Waals surface area contributed by atoms with Gasteiger partial charge in [-0.15, -0.1) is 0 Å². The van der Waals surface area contributed by atoms with Gasteiger partial charge in [0, 0.05) is 18.0 Å². The van der Waals surface area contributed by atoms with Crippen LogP contribution < -0.4 is 5.32 Å². The first-order valence-corrected chi connectivity index (χ1v) is 8.24. The number of imidazole rings is 1. The van der Waals surface area contributed by atoms with E-state index in [1.54, 1.807) is 24.4 Å². The zero-order chi connectivity index (χ0) is 18.6. The molecule has 0 aliphatic rings. The van der Waals surface area contributed by atoms with Crippen molar-refractivity contribution in [2.75, 3.05) is 0 Å². The molecule has 0 spiro atoms. The Bertz CT molecular complexity index is 1060. The molecule has 0 saturated carbocycles. The number of nitrogens with zero attached hydrogens (tertiary/aromatic N) is 3. The third-order valence-corrected chi connectivity index (χ3v) is 3.93. The number of benzene rings is 1. The van der Waals surface area contributed by atoms with E-state index in [9.17, 15) is 9.18 Å². The lowest BCUT2D eigenvalue weighted by Gasteiger charge is -2.02. The lowest BCUT2D eigenvalue weighted by Crippen LogP contribution is -2.23. The predicted octanol–water partition coefficient (Wildman–Crippen LogP) is 2.93. The van der Waals surface area contributed by atoms with Gasteiger partial charge in [0.2, 0.25) is 0 Å². The Balaban J connectivity index is 1.66. The smallest absolute Gasteiger partial charge is 0.269 e. The van der Waals surface area contributed by atoms with Crippen LogP contribution in [0.25, 0.3) is 22.6 Å². The summed E-state index contributed by atoms with van der Waals surface area (Å²) < 4.78 is 13.7. The van der Waals surface area contributed by atoms with E-state index in [1.165, 1.54) is 18.3 Å². The number of carbonyl (C=O) groups is 1. The predicted molar refractivity (Wildman–Crippen MR) is 97.0 cm³/mol. The summed E-state index contributed by atoms with van der Waals surface area (Å²) in [6, 6.07) is 13.3. The second-order valence-corrected chi connectivity index (χ2v) is 5.79. The number of pyridine rings is 1. The third kappa shape index (κ3) is 3.59. The van der Waals surface area contributed by atoms with Crippen LogP contribution in [0.1, 0.15) is 16.3 Å². The molecule has 27 heavy (non-hydrogen) atoms. The number of hydrogen-bond donors (Lipinski definition) is 3. The van der Waals surface area contributed by atoms with Crippen molar-refractivity contribution in [2.45, 2.75) is 6.54 Å². The number of aromatic amines is 2. The molecule has 0 bridgehead atoms. The Labute approximate surface area is 153 Å². The SMILES string of the molecule is O=C(NCc1nc(-c2cccc(F)c2)c(-c2ccccn2)[nH]1)c1ccn[nH]1. The van der Waals surface area contributed by atoms with Crippen molar-refractivity contribution in [3.8, 4) is 22.6 Å². The Kier molecular flexibility index (Phi) is 4.44. The van der Waals surface area contributed by atoms with Gasteiger partial charge < -0.3 is 10.3 Å². The minimum absolute atomic E-state index is 0.174. The van der Waals surface area contributed by atoms with Gasteiger partial charge in [-0.3, -0.25) is 14.9 Å². The van der Waals surface area contributed by atoms with Crippen molar-refractivity contribution in [1.29, 1.82) is 0 Å². The lowest BCUT2D eigenvalue weighted by molar-refractivity contribution is 0.0945. The third-order valence-electron chi connectivity index (χ3n) is 3.93. The Morgan fingerprint density at radius 3 is 2.78 bits per heavy atom. The van der Waals surface area contributed by atoms with Crippen LogP contribution in [0.4, 0.5) is 4.39 Å². The highest BCUT2D eigenvalue weighted by Gasteiger charge is 2.16. The largest absolute Gasteiger partial charge is 0.343 e. The monoisotopic (exact) mass is 362 g/mol. The van der Waals surface area contributed by atoms with Crippen molar-refractivity contribution in [2.24, 2.45) is 0 Å². The van der Waals surface area contributed by atoms with Gasteiger partial charge in [-0.05, 0) is 30.3 Å². The molecule has 0 atom stereocenters. The van der Waals surface area contributed by atoms with Crippen molar-refractivity contribution in [1.82, 2.24) is 30.5 Å². The first kappa shape index (κ1) is 16.6. The first-order valence-electron chi connectivity index (χ1n) is 8.24. The maximum absolute atomic E-state index is 13.7. The zero-order valence-corrected chi connectivity index (χ0v) is 14.1. The highest BCUT2D eigenvalue weighted by molar-refractivity contribution is 5.92. The first-order chi connectivity index (χ1) is 13.2. The van der Waals surface area contributed by atoms with Crippen LogP contribution in [0.15, 0.2) is 60.9 Å². The summed E-state index contributed by atoms with van der Waals surface area (Å²) in [5.74, 6) is -0.116. The molecule has 0 fully saturated rings. The van der Waals surface area contributed by atoms with Gasteiger partial charge in [-0.2, -0.15) is 5.10 Å². The topological polar surface area (TPSA) is 99.3 Å². The minimum Gasteiger partial charge on any atom is -0.343 e. The number of aromatic nitrogens is 5. The highest BCUT2D eigenvalue weighted by Crippen LogP contribution is 2.29. The van der Waals surface area contributed by atoms with Crippen molar-refractivity contribution < 1.29 is 9.18 Å². The van der Waals surface area contributed by atoms with Crippen molar-refractivity contribution in [3.05, 3.63) is 78.3 Å². The van der Waals surface area contributed by atoms with Crippen LogP contribution in [0, 0.1) is 5.82 Å². The number of rotatable bonds is 5. The van der Waals surface area contributed by atoms with Gasteiger partial charge in [0.25, 0.3) is 5.91 Å². The van der Waals surface area contributed by atoms with Crippen LogP contribution in [-0.2, 0) is 6.54 Å². The van der Waals surface area contributed by atoms with Gasteiger partial charge in [-0.1, -0.05) is 18.2 Å². The van der Waals surface area contributed by atoms with Crippen LogP contribution in [0.2, 0.25) is 0 Å². The summed E-state index contributed by atoms with van der Waals surface area (Å²) in [5.41, 5.74) is 2.89. The van der Waals surface area contributed by atoms with E-state index in [-0.39, 0.29) is 18.3 Å². The Morgan fingerprint density at radius 2 is 2.04 bits per heavy atom. The molecule has 7 nitrogen and oxygen atoms in total. The Morgan fingerprint density at radius 1 is 1.11 bits per heavy atom. The Hall–Kier alpha value is -3.81. The maximum Gasteiger partial charge on any atom is 0.269 e. The molecule has 1 amide bonds. The molecule has 134 valence electrons. The fourth-order valence-electron chi connectivity index (χ4n) is 2.69. The summed E-state index contributed by atoms with van der Waals surface area (Å²) in [7, 11) is 0. The normalized spacial score (nSPS) is 10.7. The number of hydrogen-bond acceptors (Lipinski definition) is 4. The van der Waals surface area contributed by atoms with Gasteiger partial charge in [0.05, 0.1) is 23.6 Å². The average molecular weight is 362 g/mol. The van der Waals surface area contributed by atoms with Crippen LogP contribution >= 0.6 is 0 Å². The van der Waals surface area contributed by atoms with Gasteiger partial charge in [0.15, 0.2) is 0 Å². The molecule has 0 radical (unpaired) electrons. The molecule has 8 heteroatoms. The average Bonchev–Trinajstić information content (AvgIpc) is 3.37. The van der Waals surface area contributed by atoms with Crippen LogP contribution in [0.3, 0.4) is 0 Å². The quantitative estimate of drug-likeness (QED) is 0.508. The highest BCUT2D eigenvalue weighted by atomic mass is 19.1. The van der Waals surface area contributed by atoms with Crippen LogP contribution in [0.5, 0.6) is 0 Å². The summed E-state index contributed by atoms with van der Waals surface area (Å²) in [4.78, 5) is 24.1. The standard InChI is InChI=1S/C19H15FN6O/c20-13-5-3-4-12(10-13)17-18(14-6-1-2-8-21-14)25-16(24-17)11-22-19(27)15-7-9-23-26-15/h1-10H,11H2,(H,22,27)(H,23,26)(H,24,25). The summed E-state index contributed by atoms with van der Waals surface area (Å²) in [5, 5.41) is 9.11. The van der Waals surface area contributed by atoms with Crippen molar-refractivity contribution in [3.63, 3.8) is 0 Å². The maximum atomic E-state index is 13.7. The van der Waals surface area contributed by atoms with Crippen LogP contribution in [-0.4, -0.2) is 31.1 Å². The second kappa shape index (κ2) is 7.20. The van der Waals surface area contributed by atoms with Crippen molar-refractivity contribution >= 4 is 5.91 Å². The molecule has 3 N–H and O–H groups in total. The fraction of sp³-hybridized carbons (Fsp3) is 0.0526. The van der Waals surface area contributed by atoms with E-state index in [4.69, 9.17) is 0 Å². The van der Waals surface area contributed by atoms with E-state index < -0.39 is 0 Å². The number of nitrogens with one attached hydrogen (secondary N) is 3. The molecule has 3 aromatic heterocycles. The molecule has 0 saturated heterocycles. The lowest BCUT2D eigenvalue weighted by atomic mass is 10.1. The van der Waals surface area contributed by atoms with E-state index in [1.807, 2.05) is 18.2 Å². The minimum atomic E-state index is -0.350. The van der Waals surface area contributed by atoms with E-state index in [0.29, 0.717) is 34.2 Å². The molecular weight excluding hydrogens is 347 g/mol. The molecule has 0 unspecified atom stereocenters. The molecule has 0 aliphatic heterocycles. The number of H-pyrrole nitrogens is 2. The molecule has 4 aromatic rings. The molecule has 1 aromatic carbocycles. The molecule has 3 heterocycles. The zero-order valence-electron chi connectivity index (χ0n) is 14.1. The number of carbonyl (C=O) groups excluding carboxylic acids is 1. The molecule has 0 aliphatic carbocycles.